The summed E-state index contributed by atoms with van der Waals surface area (Å²) in [5.41, 5.74) is -0.132. The van der Waals surface area contributed by atoms with Crippen molar-refractivity contribution < 1.29 is 14.4 Å². The van der Waals surface area contributed by atoms with Crippen LogP contribution in [0.5, 0.6) is 0 Å². The lowest BCUT2D eigenvalue weighted by atomic mass is 9.88. The molecule has 0 unspecified atom stereocenters. The molecule has 1 saturated carbocycles. The summed E-state index contributed by atoms with van der Waals surface area (Å²) < 4.78 is 0. The maximum atomic E-state index is 12.5. The summed E-state index contributed by atoms with van der Waals surface area (Å²) in [5, 5.41) is 5.75. The number of anilines is 1. The van der Waals surface area contributed by atoms with E-state index in [4.69, 9.17) is 0 Å². The molecule has 2 N–H and O–H groups in total. The molecule has 5 nitrogen and oxygen atoms in total. The Hall–Kier alpha value is -2.17. The molecular weight excluding hydrogens is 304 g/mol. The summed E-state index contributed by atoms with van der Waals surface area (Å²) in [6.07, 6.45) is 5.40. The smallest absolute Gasteiger partial charge is 0.239 e. The minimum atomic E-state index is -1.18. The number of amides is 2. The lowest BCUT2D eigenvalue weighted by Gasteiger charge is -2.28. The topological polar surface area (TPSA) is 75.3 Å². The van der Waals surface area contributed by atoms with E-state index in [1.165, 1.54) is 13.3 Å². The molecule has 24 heavy (non-hydrogen) atoms. The zero-order valence-electron chi connectivity index (χ0n) is 14.6. The molecule has 0 atom stereocenters. The van der Waals surface area contributed by atoms with Crippen molar-refractivity contribution in [1.82, 2.24) is 5.32 Å². The average molecular weight is 330 g/mol. The van der Waals surface area contributed by atoms with Crippen LogP contribution >= 0.6 is 0 Å². The van der Waals surface area contributed by atoms with Crippen molar-refractivity contribution in [3.63, 3.8) is 0 Å². The van der Waals surface area contributed by atoms with E-state index in [0.717, 1.165) is 25.7 Å². The average Bonchev–Trinajstić information content (AvgIpc) is 2.55. The Morgan fingerprint density at radius 1 is 1.04 bits per heavy atom. The maximum Gasteiger partial charge on any atom is 0.239 e. The van der Waals surface area contributed by atoms with Crippen LogP contribution in [-0.4, -0.2) is 23.6 Å². The number of rotatable bonds is 5. The highest BCUT2D eigenvalue weighted by atomic mass is 16.2. The van der Waals surface area contributed by atoms with E-state index in [1.54, 1.807) is 38.1 Å². The molecule has 0 aliphatic heterocycles. The third kappa shape index (κ3) is 4.43. The van der Waals surface area contributed by atoms with Crippen molar-refractivity contribution in [3.05, 3.63) is 29.8 Å². The van der Waals surface area contributed by atoms with Crippen LogP contribution in [0, 0.1) is 5.41 Å². The Bertz CT molecular complexity index is 631. The first-order chi connectivity index (χ1) is 11.3. The molecule has 1 aromatic carbocycles. The van der Waals surface area contributed by atoms with Crippen LogP contribution in [-0.2, 0) is 9.59 Å². The van der Waals surface area contributed by atoms with Crippen molar-refractivity contribution in [3.8, 4) is 0 Å². The van der Waals surface area contributed by atoms with Gasteiger partial charge in [-0.15, -0.1) is 0 Å². The van der Waals surface area contributed by atoms with E-state index in [0.29, 0.717) is 11.3 Å². The van der Waals surface area contributed by atoms with Gasteiger partial charge in [-0.25, -0.2) is 0 Å². The zero-order valence-corrected chi connectivity index (χ0v) is 14.6. The van der Waals surface area contributed by atoms with Gasteiger partial charge in [0.2, 0.25) is 11.8 Å². The molecule has 130 valence electrons. The van der Waals surface area contributed by atoms with Crippen molar-refractivity contribution in [2.45, 2.75) is 58.9 Å². The van der Waals surface area contributed by atoms with Crippen LogP contribution in [0.3, 0.4) is 0 Å². The van der Waals surface area contributed by atoms with Crippen molar-refractivity contribution >= 4 is 23.3 Å². The monoisotopic (exact) mass is 330 g/mol. The fraction of sp³-hybridized carbons (Fsp3) is 0.526. The van der Waals surface area contributed by atoms with Gasteiger partial charge in [-0.1, -0.05) is 31.4 Å². The van der Waals surface area contributed by atoms with Gasteiger partial charge < -0.3 is 10.6 Å². The van der Waals surface area contributed by atoms with Gasteiger partial charge in [0, 0.05) is 17.3 Å². The minimum Gasteiger partial charge on any atom is -0.352 e. The van der Waals surface area contributed by atoms with E-state index < -0.39 is 5.41 Å². The standard InChI is InChI=1S/C19H26N2O3/c1-13(22)14-8-7-11-16(12-14)21-18(24)19(2,3)17(23)20-15-9-5-4-6-10-15/h7-8,11-12,15H,4-6,9-10H2,1-3H3,(H,20,23)(H,21,24). The molecular formula is C19H26N2O3. The predicted octanol–water partition coefficient (Wildman–Crippen LogP) is 3.30. The van der Waals surface area contributed by atoms with Gasteiger partial charge in [-0.05, 0) is 45.7 Å². The SMILES string of the molecule is CC(=O)c1cccc(NC(=O)C(C)(C)C(=O)NC2CCCCC2)c1. The highest BCUT2D eigenvalue weighted by Crippen LogP contribution is 2.23. The van der Waals surface area contributed by atoms with Crippen molar-refractivity contribution in [2.75, 3.05) is 5.32 Å². The van der Waals surface area contributed by atoms with Gasteiger partial charge >= 0.3 is 0 Å². The summed E-state index contributed by atoms with van der Waals surface area (Å²) in [4.78, 5) is 36.5. The molecule has 2 rings (SSSR count). The third-order valence-electron chi connectivity index (χ3n) is 4.60. The van der Waals surface area contributed by atoms with Gasteiger partial charge in [0.15, 0.2) is 5.78 Å². The molecule has 1 aliphatic carbocycles. The largest absolute Gasteiger partial charge is 0.352 e. The second-order valence-corrected chi connectivity index (χ2v) is 7.02. The number of carbonyl (C=O) groups is 3. The number of ketones is 1. The zero-order chi connectivity index (χ0) is 17.7. The molecule has 1 fully saturated rings. The molecule has 0 spiro atoms. The molecule has 0 bridgehead atoms. The fourth-order valence-corrected chi connectivity index (χ4v) is 2.82. The van der Waals surface area contributed by atoms with Crippen molar-refractivity contribution in [1.29, 1.82) is 0 Å². The second-order valence-electron chi connectivity index (χ2n) is 7.02. The van der Waals surface area contributed by atoms with E-state index >= 15 is 0 Å². The second kappa shape index (κ2) is 7.60. The van der Waals surface area contributed by atoms with Crippen LogP contribution in [0.2, 0.25) is 0 Å². The highest BCUT2D eigenvalue weighted by molar-refractivity contribution is 6.10. The number of nitrogens with one attached hydrogen (secondary N) is 2. The Morgan fingerprint density at radius 3 is 2.33 bits per heavy atom. The molecule has 1 aliphatic rings. The molecule has 2 amide bonds. The van der Waals surface area contributed by atoms with Gasteiger partial charge in [-0.3, -0.25) is 14.4 Å². The van der Waals surface area contributed by atoms with Crippen LogP contribution in [0.25, 0.3) is 0 Å². The van der Waals surface area contributed by atoms with Crippen LogP contribution in [0.4, 0.5) is 5.69 Å². The first-order valence-corrected chi connectivity index (χ1v) is 8.54. The lowest BCUT2D eigenvalue weighted by molar-refractivity contribution is -0.139. The summed E-state index contributed by atoms with van der Waals surface area (Å²) in [6, 6.07) is 6.90. The molecule has 1 aromatic rings. The molecule has 0 radical (unpaired) electrons. The number of hydrogen-bond donors (Lipinski definition) is 2. The first kappa shape index (κ1) is 18.2. The maximum absolute atomic E-state index is 12.5. The van der Waals surface area contributed by atoms with Crippen LogP contribution < -0.4 is 10.6 Å². The number of Topliss-reactive ketones (excluding diaryl/α,β-unsaturated/α-hetero) is 1. The number of carbonyl (C=O) groups excluding carboxylic acids is 3. The lowest BCUT2D eigenvalue weighted by Crippen LogP contribution is -2.49. The third-order valence-corrected chi connectivity index (χ3v) is 4.60. The molecule has 0 heterocycles. The summed E-state index contributed by atoms with van der Waals surface area (Å²) in [5.74, 6) is -0.702. The summed E-state index contributed by atoms with van der Waals surface area (Å²) in [6.45, 7) is 4.72. The summed E-state index contributed by atoms with van der Waals surface area (Å²) >= 11 is 0. The van der Waals surface area contributed by atoms with Gasteiger partial charge in [-0.2, -0.15) is 0 Å². The van der Waals surface area contributed by atoms with E-state index in [2.05, 4.69) is 10.6 Å². The Morgan fingerprint density at radius 2 is 1.71 bits per heavy atom. The molecule has 5 heteroatoms. The van der Waals surface area contributed by atoms with Crippen LogP contribution in [0.1, 0.15) is 63.2 Å². The Kier molecular flexibility index (Phi) is 5.75. The van der Waals surface area contributed by atoms with Gasteiger partial charge in [0.1, 0.15) is 5.41 Å². The quantitative estimate of drug-likeness (QED) is 0.642. The Balaban J connectivity index is 2.02. The minimum absolute atomic E-state index is 0.0691. The number of benzene rings is 1. The molecule has 0 aromatic heterocycles. The molecule has 0 saturated heterocycles. The van der Waals surface area contributed by atoms with Gasteiger partial charge in [0.25, 0.3) is 0 Å². The van der Waals surface area contributed by atoms with E-state index in [9.17, 15) is 14.4 Å². The fourth-order valence-electron chi connectivity index (χ4n) is 2.82. The van der Waals surface area contributed by atoms with E-state index in [1.807, 2.05) is 0 Å². The van der Waals surface area contributed by atoms with Crippen LogP contribution in [0.15, 0.2) is 24.3 Å². The van der Waals surface area contributed by atoms with Crippen molar-refractivity contribution in [2.24, 2.45) is 5.41 Å². The normalized spacial score (nSPS) is 15.6. The van der Waals surface area contributed by atoms with E-state index in [-0.39, 0.29) is 23.6 Å². The van der Waals surface area contributed by atoms with Gasteiger partial charge in [0.05, 0.1) is 0 Å². The predicted molar refractivity (Wildman–Crippen MR) is 93.9 cm³/mol. The number of hydrogen-bond acceptors (Lipinski definition) is 3. The summed E-state index contributed by atoms with van der Waals surface area (Å²) in [7, 11) is 0. The first-order valence-electron chi connectivity index (χ1n) is 8.54. The highest BCUT2D eigenvalue weighted by Gasteiger charge is 2.37. The Labute approximate surface area is 143 Å².